The molecule has 0 unspecified atom stereocenters. The second-order valence-corrected chi connectivity index (χ2v) is 5.87. The van der Waals surface area contributed by atoms with Crippen LogP contribution in [-0.2, 0) is 6.54 Å². The number of benzene rings is 3. The molecule has 0 atom stereocenters. The van der Waals surface area contributed by atoms with Crippen molar-refractivity contribution in [2.45, 2.75) is 13.5 Å². The monoisotopic (exact) mass is 298 g/mol. The fourth-order valence-electron chi connectivity index (χ4n) is 2.97. The van der Waals surface area contributed by atoms with Crippen LogP contribution < -0.4 is 0 Å². The van der Waals surface area contributed by atoms with Gasteiger partial charge in [0.05, 0.1) is 11.0 Å². The zero-order valence-electron chi connectivity index (χ0n) is 13.1. The van der Waals surface area contributed by atoms with Crippen LogP contribution in [-0.4, -0.2) is 9.55 Å². The smallest absolute Gasteiger partial charge is 0.141 e. The predicted molar refractivity (Wildman–Crippen MR) is 95.5 cm³/mol. The number of imidazole rings is 1. The zero-order chi connectivity index (χ0) is 15.6. The highest BCUT2D eigenvalue weighted by Crippen LogP contribution is 2.26. The number of aromatic nitrogens is 2. The summed E-state index contributed by atoms with van der Waals surface area (Å²) >= 11 is 0. The molecule has 0 aliphatic rings. The zero-order valence-corrected chi connectivity index (χ0v) is 13.1. The van der Waals surface area contributed by atoms with Gasteiger partial charge in [0.2, 0.25) is 0 Å². The van der Waals surface area contributed by atoms with E-state index in [4.69, 9.17) is 4.98 Å². The summed E-state index contributed by atoms with van der Waals surface area (Å²) in [5, 5.41) is 0. The maximum atomic E-state index is 4.88. The molecule has 0 N–H and O–H groups in total. The Bertz CT molecular complexity index is 938. The molecule has 0 fully saturated rings. The van der Waals surface area contributed by atoms with Gasteiger partial charge in [-0.25, -0.2) is 4.98 Å². The number of fused-ring (bicyclic) bond motifs is 1. The van der Waals surface area contributed by atoms with Crippen LogP contribution in [0, 0.1) is 6.92 Å². The molecule has 4 aromatic rings. The Balaban J connectivity index is 1.93. The number of aryl methyl sites for hydroxylation is 1. The first-order valence-electron chi connectivity index (χ1n) is 7.87. The van der Waals surface area contributed by atoms with Crippen LogP contribution in [0.2, 0.25) is 0 Å². The molecule has 2 heteroatoms. The van der Waals surface area contributed by atoms with Crippen molar-refractivity contribution in [2.75, 3.05) is 0 Å². The van der Waals surface area contributed by atoms with Gasteiger partial charge in [0.1, 0.15) is 5.82 Å². The van der Waals surface area contributed by atoms with E-state index in [2.05, 4.69) is 84.3 Å². The van der Waals surface area contributed by atoms with E-state index in [1.165, 1.54) is 16.6 Å². The Kier molecular flexibility index (Phi) is 3.43. The summed E-state index contributed by atoms with van der Waals surface area (Å²) in [4.78, 5) is 4.88. The van der Waals surface area contributed by atoms with Crippen LogP contribution >= 0.6 is 0 Å². The average molecular weight is 298 g/mol. The quantitative estimate of drug-likeness (QED) is 0.517. The van der Waals surface area contributed by atoms with Gasteiger partial charge in [-0.3, -0.25) is 0 Å². The molecule has 0 amide bonds. The molecule has 1 heterocycles. The maximum absolute atomic E-state index is 4.88. The van der Waals surface area contributed by atoms with Crippen molar-refractivity contribution >= 4 is 11.0 Å². The largest absolute Gasteiger partial charge is 0.319 e. The molecule has 2 nitrogen and oxygen atoms in total. The van der Waals surface area contributed by atoms with Gasteiger partial charge in [-0.05, 0) is 30.2 Å². The summed E-state index contributed by atoms with van der Waals surface area (Å²) in [5.41, 5.74) is 5.92. The third kappa shape index (κ3) is 2.64. The van der Waals surface area contributed by atoms with Gasteiger partial charge >= 0.3 is 0 Å². The normalized spacial score (nSPS) is 11.0. The molecule has 4 rings (SSSR count). The highest BCUT2D eigenvalue weighted by atomic mass is 15.1. The van der Waals surface area contributed by atoms with E-state index in [1.54, 1.807) is 0 Å². The van der Waals surface area contributed by atoms with Gasteiger partial charge in [-0.2, -0.15) is 0 Å². The minimum Gasteiger partial charge on any atom is -0.319 e. The van der Waals surface area contributed by atoms with Crippen molar-refractivity contribution in [2.24, 2.45) is 0 Å². The van der Waals surface area contributed by atoms with Crippen molar-refractivity contribution in [3.63, 3.8) is 0 Å². The molecular formula is C21H18N2. The maximum Gasteiger partial charge on any atom is 0.141 e. The van der Waals surface area contributed by atoms with Gasteiger partial charge in [0.25, 0.3) is 0 Å². The van der Waals surface area contributed by atoms with Crippen LogP contribution in [0.1, 0.15) is 11.1 Å². The molecule has 0 bridgehead atoms. The predicted octanol–water partition coefficient (Wildman–Crippen LogP) is 5.06. The van der Waals surface area contributed by atoms with Crippen LogP contribution in [0.3, 0.4) is 0 Å². The molecule has 3 aromatic carbocycles. The highest BCUT2D eigenvalue weighted by molar-refractivity contribution is 5.81. The molecule has 0 aliphatic carbocycles. The van der Waals surface area contributed by atoms with Crippen molar-refractivity contribution in [1.82, 2.24) is 9.55 Å². The lowest BCUT2D eigenvalue weighted by atomic mass is 10.2. The van der Waals surface area contributed by atoms with Crippen molar-refractivity contribution in [3.05, 3.63) is 90.0 Å². The van der Waals surface area contributed by atoms with E-state index in [1.807, 2.05) is 6.07 Å². The molecule has 0 radical (unpaired) electrons. The first kappa shape index (κ1) is 13.8. The Morgan fingerprint density at radius 2 is 1.52 bits per heavy atom. The lowest BCUT2D eigenvalue weighted by Gasteiger charge is -2.10. The number of rotatable bonds is 3. The summed E-state index contributed by atoms with van der Waals surface area (Å²) in [6.45, 7) is 2.95. The summed E-state index contributed by atoms with van der Waals surface area (Å²) in [7, 11) is 0. The molecule has 112 valence electrons. The molecule has 0 saturated heterocycles. The highest BCUT2D eigenvalue weighted by Gasteiger charge is 2.12. The summed E-state index contributed by atoms with van der Waals surface area (Å²) in [6, 6.07) is 27.4. The van der Waals surface area contributed by atoms with E-state index in [-0.39, 0.29) is 0 Å². The number of hydrogen-bond acceptors (Lipinski definition) is 1. The molecule has 0 saturated carbocycles. The van der Waals surface area contributed by atoms with Gasteiger partial charge in [0.15, 0.2) is 0 Å². The van der Waals surface area contributed by atoms with Crippen LogP contribution in [0.15, 0.2) is 78.9 Å². The second kappa shape index (κ2) is 5.73. The van der Waals surface area contributed by atoms with E-state index in [0.29, 0.717) is 0 Å². The first-order chi connectivity index (χ1) is 11.3. The molecule has 1 aromatic heterocycles. The van der Waals surface area contributed by atoms with Crippen LogP contribution in [0.5, 0.6) is 0 Å². The van der Waals surface area contributed by atoms with Crippen molar-refractivity contribution in [3.8, 4) is 11.4 Å². The third-order valence-corrected chi connectivity index (χ3v) is 4.12. The van der Waals surface area contributed by atoms with Crippen LogP contribution in [0.4, 0.5) is 0 Å². The van der Waals surface area contributed by atoms with Gasteiger partial charge < -0.3 is 4.57 Å². The lowest BCUT2D eigenvalue weighted by molar-refractivity contribution is 0.834. The molecule has 23 heavy (non-hydrogen) atoms. The molecule has 0 spiro atoms. The summed E-state index contributed by atoms with van der Waals surface area (Å²) in [6.07, 6.45) is 0. The fraction of sp³-hybridized carbons (Fsp3) is 0.0952. The first-order valence-corrected chi connectivity index (χ1v) is 7.87. The van der Waals surface area contributed by atoms with E-state index in [0.717, 1.165) is 23.4 Å². The lowest BCUT2D eigenvalue weighted by Crippen LogP contribution is -2.02. The number of nitrogens with zero attached hydrogens (tertiary/aromatic N) is 2. The van der Waals surface area contributed by atoms with E-state index < -0.39 is 0 Å². The number of hydrogen-bond donors (Lipinski definition) is 0. The Hall–Kier alpha value is -2.87. The topological polar surface area (TPSA) is 17.8 Å². The summed E-state index contributed by atoms with van der Waals surface area (Å²) in [5.74, 6) is 1.02. The van der Waals surface area contributed by atoms with E-state index in [9.17, 15) is 0 Å². The fourth-order valence-corrected chi connectivity index (χ4v) is 2.97. The average Bonchev–Trinajstić information content (AvgIpc) is 2.95. The van der Waals surface area contributed by atoms with Crippen molar-refractivity contribution < 1.29 is 0 Å². The third-order valence-electron chi connectivity index (χ3n) is 4.12. The Labute approximate surface area is 136 Å². The van der Waals surface area contributed by atoms with Gasteiger partial charge in [-0.1, -0.05) is 66.7 Å². The van der Waals surface area contributed by atoms with E-state index >= 15 is 0 Å². The van der Waals surface area contributed by atoms with Gasteiger partial charge in [-0.15, -0.1) is 0 Å². The second-order valence-electron chi connectivity index (χ2n) is 5.87. The van der Waals surface area contributed by atoms with Crippen molar-refractivity contribution in [1.29, 1.82) is 0 Å². The SMILES string of the molecule is Cc1ccc2nc(-c3ccccc3)n(Cc3ccccc3)c2c1. The summed E-state index contributed by atoms with van der Waals surface area (Å²) < 4.78 is 2.31. The standard InChI is InChI=1S/C21H18N2/c1-16-12-13-19-20(14-16)23(15-17-8-4-2-5-9-17)21(22-19)18-10-6-3-7-11-18/h2-14H,15H2,1H3. The van der Waals surface area contributed by atoms with Gasteiger partial charge in [0, 0.05) is 12.1 Å². The molecular weight excluding hydrogens is 280 g/mol. The molecule has 0 aliphatic heterocycles. The minimum absolute atomic E-state index is 0.824. The minimum atomic E-state index is 0.824. The van der Waals surface area contributed by atoms with Crippen LogP contribution in [0.25, 0.3) is 22.4 Å². The Morgan fingerprint density at radius 1 is 0.826 bits per heavy atom. The Morgan fingerprint density at radius 3 is 2.26 bits per heavy atom.